The summed E-state index contributed by atoms with van der Waals surface area (Å²) in [7, 11) is 0.112. The summed E-state index contributed by atoms with van der Waals surface area (Å²) in [6.07, 6.45) is 3.03. The average Bonchev–Trinajstić information content (AvgIpc) is 2.62. The first-order valence-electron chi connectivity index (χ1n) is 4.79. The number of ether oxygens (including phenoxy) is 1. The molecule has 2 rings (SSSR count). The molecule has 74 valence electrons. The summed E-state index contributed by atoms with van der Waals surface area (Å²) >= 11 is 0. The van der Waals surface area contributed by atoms with Crippen molar-refractivity contribution in [3.05, 3.63) is 23.3 Å². The van der Waals surface area contributed by atoms with E-state index in [1.807, 2.05) is 6.07 Å². The maximum absolute atomic E-state index is 9.28. The lowest BCUT2D eigenvalue weighted by Gasteiger charge is -2.12. The van der Waals surface area contributed by atoms with E-state index in [4.69, 9.17) is 4.74 Å². The molecule has 0 fully saturated rings. The summed E-state index contributed by atoms with van der Waals surface area (Å²) in [5, 5.41) is 18.6. The van der Waals surface area contributed by atoms with E-state index in [2.05, 4.69) is 0 Å². The van der Waals surface area contributed by atoms with Crippen LogP contribution < -0.4 is 10.2 Å². The van der Waals surface area contributed by atoms with Crippen LogP contribution in [0.4, 0.5) is 0 Å². The van der Waals surface area contributed by atoms with Crippen molar-refractivity contribution < 1.29 is 14.8 Å². The third-order valence-electron chi connectivity index (χ3n) is 2.77. The van der Waals surface area contributed by atoms with Crippen molar-refractivity contribution in [2.45, 2.75) is 19.3 Å². The fraction of sp³-hybridized carbons (Fsp3) is 0.400. The minimum absolute atomic E-state index is 0.544. The zero-order valence-electron chi connectivity index (χ0n) is 8.16. The first kappa shape index (κ1) is 9.56. The molecule has 0 aliphatic heterocycles. The van der Waals surface area contributed by atoms with Gasteiger partial charge in [0.15, 0.2) is 0 Å². The molecule has 0 spiro atoms. The van der Waals surface area contributed by atoms with E-state index >= 15 is 0 Å². The number of methoxy groups -OCH3 is 1. The standard InChI is InChI=1S/C10H13BO3/c1-14-9-6-5-7-3-2-4-8(7)10(9)11(12)13/h5-6,12-13H,2-4H2,1H3. The first-order valence-corrected chi connectivity index (χ1v) is 4.79. The summed E-state index contributed by atoms with van der Waals surface area (Å²) in [5.74, 6) is 0.570. The zero-order valence-corrected chi connectivity index (χ0v) is 8.16. The fourth-order valence-corrected chi connectivity index (χ4v) is 2.13. The van der Waals surface area contributed by atoms with Gasteiger partial charge in [-0.15, -0.1) is 0 Å². The third-order valence-corrected chi connectivity index (χ3v) is 2.77. The van der Waals surface area contributed by atoms with Crippen LogP contribution in [0.1, 0.15) is 17.5 Å². The second kappa shape index (κ2) is 3.63. The summed E-state index contributed by atoms with van der Waals surface area (Å²) in [4.78, 5) is 0. The predicted molar refractivity (Wildman–Crippen MR) is 54.8 cm³/mol. The Balaban J connectivity index is 2.56. The Morgan fingerprint density at radius 3 is 2.71 bits per heavy atom. The van der Waals surface area contributed by atoms with Crippen LogP contribution in [0, 0.1) is 0 Å². The number of benzene rings is 1. The summed E-state index contributed by atoms with van der Waals surface area (Å²) in [6, 6.07) is 3.81. The molecule has 14 heavy (non-hydrogen) atoms. The molecule has 1 aromatic carbocycles. The van der Waals surface area contributed by atoms with Gasteiger partial charge in [0.25, 0.3) is 0 Å². The quantitative estimate of drug-likeness (QED) is 0.641. The SMILES string of the molecule is COc1ccc2c(c1B(O)O)CCC2. The lowest BCUT2D eigenvalue weighted by Crippen LogP contribution is -2.34. The van der Waals surface area contributed by atoms with E-state index in [0.717, 1.165) is 24.8 Å². The van der Waals surface area contributed by atoms with E-state index in [0.29, 0.717) is 11.2 Å². The highest BCUT2D eigenvalue weighted by Crippen LogP contribution is 2.24. The molecule has 0 aromatic heterocycles. The molecule has 0 amide bonds. The molecule has 0 saturated carbocycles. The highest BCUT2D eigenvalue weighted by atomic mass is 16.5. The van der Waals surface area contributed by atoms with Gasteiger partial charge in [-0.2, -0.15) is 0 Å². The fourth-order valence-electron chi connectivity index (χ4n) is 2.13. The summed E-state index contributed by atoms with van der Waals surface area (Å²) in [5.41, 5.74) is 2.82. The van der Waals surface area contributed by atoms with Gasteiger partial charge in [-0.3, -0.25) is 0 Å². The van der Waals surface area contributed by atoms with Gasteiger partial charge in [0.1, 0.15) is 5.75 Å². The Labute approximate surface area is 83.5 Å². The summed E-state index contributed by atoms with van der Waals surface area (Å²) in [6.45, 7) is 0. The number of fused-ring (bicyclic) bond motifs is 1. The van der Waals surface area contributed by atoms with Crippen molar-refractivity contribution in [3.63, 3.8) is 0 Å². The molecule has 0 unspecified atom stereocenters. The predicted octanol–water partition coefficient (Wildman–Crippen LogP) is -0.136. The van der Waals surface area contributed by atoms with Crippen LogP contribution in [0.25, 0.3) is 0 Å². The average molecular weight is 192 g/mol. The molecule has 2 N–H and O–H groups in total. The van der Waals surface area contributed by atoms with Crippen LogP contribution in [0.5, 0.6) is 5.75 Å². The normalized spacial score (nSPS) is 13.9. The number of hydrogen-bond acceptors (Lipinski definition) is 3. The maximum Gasteiger partial charge on any atom is 0.492 e. The van der Waals surface area contributed by atoms with Crippen LogP contribution in [0.15, 0.2) is 12.1 Å². The highest BCUT2D eigenvalue weighted by Gasteiger charge is 2.25. The van der Waals surface area contributed by atoms with Gasteiger partial charge in [0.05, 0.1) is 7.11 Å². The van der Waals surface area contributed by atoms with Gasteiger partial charge < -0.3 is 14.8 Å². The first-order chi connectivity index (χ1) is 6.74. The van der Waals surface area contributed by atoms with E-state index < -0.39 is 7.12 Å². The van der Waals surface area contributed by atoms with E-state index in [9.17, 15) is 10.0 Å². The molecule has 3 nitrogen and oxygen atoms in total. The lowest BCUT2D eigenvalue weighted by molar-refractivity contribution is 0.402. The molecule has 4 heteroatoms. The van der Waals surface area contributed by atoms with Crippen LogP contribution in [-0.4, -0.2) is 24.3 Å². The molecule has 1 aliphatic rings. The van der Waals surface area contributed by atoms with Crippen molar-refractivity contribution >= 4 is 12.6 Å². The Morgan fingerprint density at radius 2 is 2.07 bits per heavy atom. The molecular weight excluding hydrogens is 179 g/mol. The highest BCUT2D eigenvalue weighted by molar-refractivity contribution is 6.60. The monoisotopic (exact) mass is 192 g/mol. The lowest BCUT2D eigenvalue weighted by atomic mass is 9.75. The van der Waals surface area contributed by atoms with Gasteiger partial charge in [-0.05, 0) is 36.5 Å². The molecule has 0 saturated heterocycles. The number of rotatable bonds is 2. The molecular formula is C10H13BO3. The minimum atomic E-state index is -1.43. The largest absolute Gasteiger partial charge is 0.497 e. The molecule has 1 aliphatic carbocycles. The molecule has 0 radical (unpaired) electrons. The Bertz CT molecular complexity index is 349. The van der Waals surface area contributed by atoms with Crippen LogP contribution >= 0.6 is 0 Å². The van der Waals surface area contributed by atoms with E-state index in [1.54, 1.807) is 13.2 Å². The topological polar surface area (TPSA) is 49.7 Å². The van der Waals surface area contributed by atoms with Gasteiger partial charge in [-0.1, -0.05) is 6.07 Å². The maximum atomic E-state index is 9.28. The van der Waals surface area contributed by atoms with Crippen molar-refractivity contribution in [1.29, 1.82) is 0 Å². The Hall–Kier alpha value is -0.995. The van der Waals surface area contributed by atoms with Crippen molar-refractivity contribution in [3.8, 4) is 5.75 Å². The van der Waals surface area contributed by atoms with Crippen molar-refractivity contribution in [2.24, 2.45) is 0 Å². The van der Waals surface area contributed by atoms with Gasteiger partial charge in [0.2, 0.25) is 0 Å². The van der Waals surface area contributed by atoms with Crippen LogP contribution in [0.3, 0.4) is 0 Å². The van der Waals surface area contributed by atoms with Gasteiger partial charge in [-0.25, -0.2) is 0 Å². The molecule has 0 heterocycles. The third kappa shape index (κ3) is 1.40. The smallest absolute Gasteiger partial charge is 0.492 e. The van der Waals surface area contributed by atoms with Gasteiger partial charge >= 0.3 is 7.12 Å². The van der Waals surface area contributed by atoms with E-state index in [-0.39, 0.29) is 0 Å². The number of hydrogen-bond donors (Lipinski definition) is 2. The van der Waals surface area contributed by atoms with E-state index in [1.165, 1.54) is 5.56 Å². The molecule has 0 atom stereocenters. The zero-order chi connectivity index (χ0) is 10.1. The van der Waals surface area contributed by atoms with Crippen molar-refractivity contribution in [1.82, 2.24) is 0 Å². The number of aryl methyl sites for hydroxylation is 1. The minimum Gasteiger partial charge on any atom is -0.497 e. The molecule has 0 bridgehead atoms. The van der Waals surface area contributed by atoms with Crippen LogP contribution in [0.2, 0.25) is 0 Å². The Kier molecular flexibility index (Phi) is 2.48. The second-order valence-corrected chi connectivity index (χ2v) is 3.55. The van der Waals surface area contributed by atoms with Crippen LogP contribution in [-0.2, 0) is 12.8 Å². The molecule has 1 aromatic rings. The summed E-state index contributed by atoms with van der Waals surface area (Å²) < 4.78 is 5.11. The van der Waals surface area contributed by atoms with Crippen molar-refractivity contribution in [2.75, 3.05) is 7.11 Å². The second-order valence-electron chi connectivity index (χ2n) is 3.55. The Morgan fingerprint density at radius 1 is 1.29 bits per heavy atom. The van der Waals surface area contributed by atoms with Gasteiger partial charge in [0, 0.05) is 5.46 Å².